The molecule has 2 aromatic rings. The predicted octanol–water partition coefficient (Wildman–Crippen LogP) is 4.17. The maximum atomic E-state index is 13.2. The van der Waals surface area contributed by atoms with E-state index >= 15 is 0 Å². The third-order valence-corrected chi connectivity index (χ3v) is 6.29. The summed E-state index contributed by atoms with van der Waals surface area (Å²) in [7, 11) is 1.57. The van der Waals surface area contributed by atoms with E-state index in [1.54, 1.807) is 30.2 Å². The summed E-state index contributed by atoms with van der Waals surface area (Å²) in [4.78, 5) is 30.1. The van der Waals surface area contributed by atoms with E-state index in [-0.39, 0.29) is 11.3 Å². The van der Waals surface area contributed by atoms with Gasteiger partial charge in [0.2, 0.25) is 0 Å². The van der Waals surface area contributed by atoms with Gasteiger partial charge in [0.1, 0.15) is 17.3 Å². The van der Waals surface area contributed by atoms with Crippen LogP contribution in [0.5, 0.6) is 11.5 Å². The summed E-state index contributed by atoms with van der Waals surface area (Å²) in [6.45, 7) is 11.1. The fourth-order valence-corrected chi connectivity index (χ4v) is 4.33. The molecule has 0 aliphatic carbocycles. The maximum Gasteiger partial charge on any atom is 0.295 e. The van der Waals surface area contributed by atoms with Gasteiger partial charge in [-0.1, -0.05) is 26.0 Å². The van der Waals surface area contributed by atoms with E-state index in [9.17, 15) is 14.7 Å². The van der Waals surface area contributed by atoms with Crippen molar-refractivity contribution in [3.63, 3.8) is 0 Å². The van der Waals surface area contributed by atoms with E-state index in [1.807, 2.05) is 38.1 Å². The number of aryl methyl sites for hydroxylation is 1. The Bertz CT molecular complexity index is 1060. The minimum atomic E-state index is -0.687. The number of ketones is 1. The number of ether oxygens (including phenoxy) is 2. The van der Waals surface area contributed by atoms with Crippen LogP contribution in [0, 0.1) is 6.92 Å². The van der Waals surface area contributed by atoms with E-state index in [0.717, 1.165) is 24.2 Å². The average molecular weight is 467 g/mol. The first-order chi connectivity index (χ1) is 16.4. The number of aliphatic hydroxyl groups excluding tert-OH is 1. The Hall–Kier alpha value is -3.32. The number of nitrogens with zero attached hydrogens (tertiary/aromatic N) is 2. The smallest absolute Gasteiger partial charge is 0.295 e. The van der Waals surface area contributed by atoms with Gasteiger partial charge in [0.05, 0.1) is 25.3 Å². The van der Waals surface area contributed by atoms with Crippen molar-refractivity contribution >= 4 is 17.4 Å². The number of carbonyl (C=O) groups is 2. The largest absolute Gasteiger partial charge is 0.507 e. The number of carbonyl (C=O) groups excluding carboxylic acids is 2. The second-order valence-corrected chi connectivity index (χ2v) is 8.20. The molecule has 1 amide bonds. The van der Waals surface area contributed by atoms with E-state index in [4.69, 9.17) is 9.47 Å². The van der Waals surface area contributed by atoms with Crippen molar-refractivity contribution in [2.24, 2.45) is 0 Å². The van der Waals surface area contributed by atoms with Gasteiger partial charge in [-0.2, -0.15) is 0 Å². The zero-order valence-corrected chi connectivity index (χ0v) is 20.6. The summed E-state index contributed by atoms with van der Waals surface area (Å²) in [6, 6.07) is 11.9. The fraction of sp³-hybridized carbons (Fsp3) is 0.407. The van der Waals surface area contributed by atoms with Crippen molar-refractivity contribution in [2.75, 3.05) is 39.9 Å². The lowest BCUT2D eigenvalue weighted by molar-refractivity contribution is -0.140. The molecular weight excluding hydrogens is 432 g/mol. The molecule has 1 aliphatic rings. The van der Waals surface area contributed by atoms with Crippen LogP contribution in [0.3, 0.4) is 0 Å². The highest BCUT2D eigenvalue weighted by Gasteiger charge is 2.46. The number of aliphatic hydroxyl groups is 1. The maximum absolute atomic E-state index is 13.2. The lowest BCUT2D eigenvalue weighted by Crippen LogP contribution is -2.38. The first-order valence-electron chi connectivity index (χ1n) is 11.7. The molecule has 1 fully saturated rings. The zero-order chi connectivity index (χ0) is 24.8. The predicted molar refractivity (Wildman–Crippen MR) is 132 cm³/mol. The van der Waals surface area contributed by atoms with Crippen LogP contribution in [0.15, 0.2) is 48.0 Å². The minimum Gasteiger partial charge on any atom is -0.507 e. The molecule has 0 radical (unpaired) electrons. The van der Waals surface area contributed by atoms with Crippen molar-refractivity contribution < 1.29 is 24.2 Å². The molecule has 0 aromatic heterocycles. The van der Waals surface area contributed by atoms with Crippen LogP contribution in [0.2, 0.25) is 0 Å². The third kappa shape index (κ3) is 5.09. The van der Waals surface area contributed by atoms with Gasteiger partial charge in [-0.3, -0.25) is 9.59 Å². The Morgan fingerprint density at radius 2 is 1.68 bits per heavy atom. The normalized spacial score (nSPS) is 17.5. The summed E-state index contributed by atoms with van der Waals surface area (Å²) in [5, 5.41) is 11.3. The highest BCUT2D eigenvalue weighted by molar-refractivity contribution is 6.46. The highest BCUT2D eigenvalue weighted by atomic mass is 16.5. The molecule has 2 aromatic carbocycles. The van der Waals surface area contributed by atoms with Crippen LogP contribution < -0.4 is 9.47 Å². The number of likely N-dealkylation sites (tertiary alicyclic amines) is 1. The SMILES string of the molecule is CCOc1ccc(C2C(=C(O)c3ccc(OC)cc3C)C(=O)C(=O)N2CCN(CC)CC)cc1. The molecular formula is C27H34N2O5. The third-order valence-electron chi connectivity index (χ3n) is 6.29. The molecule has 1 atom stereocenters. The number of likely N-dealkylation sites (N-methyl/N-ethyl adjacent to an activating group) is 1. The number of methoxy groups -OCH3 is 1. The van der Waals surface area contributed by atoms with Crippen LogP contribution in [0.1, 0.15) is 43.5 Å². The van der Waals surface area contributed by atoms with Crippen molar-refractivity contribution in [3.05, 3.63) is 64.7 Å². The van der Waals surface area contributed by atoms with Crippen LogP contribution in [0.25, 0.3) is 5.76 Å². The number of amides is 1. The van der Waals surface area contributed by atoms with Gasteiger partial charge in [-0.25, -0.2) is 0 Å². The van der Waals surface area contributed by atoms with Gasteiger partial charge >= 0.3 is 0 Å². The molecule has 1 aliphatic heterocycles. The molecule has 1 saturated heterocycles. The van der Waals surface area contributed by atoms with Gasteiger partial charge in [-0.05, 0) is 68.4 Å². The molecule has 7 nitrogen and oxygen atoms in total. The Morgan fingerprint density at radius 3 is 2.24 bits per heavy atom. The molecule has 7 heteroatoms. The number of hydrogen-bond acceptors (Lipinski definition) is 6. The standard InChI is InChI=1S/C27H34N2O5/c1-6-28(7-2)15-16-29-24(19-9-11-20(12-10-19)34-8-3)23(26(31)27(29)32)25(30)22-14-13-21(33-5)17-18(22)4/h9-14,17,24,30H,6-8,15-16H2,1-5H3. The highest BCUT2D eigenvalue weighted by Crippen LogP contribution is 2.40. The minimum absolute atomic E-state index is 0.0990. The molecule has 0 spiro atoms. The molecule has 1 unspecified atom stereocenters. The first kappa shape index (κ1) is 25.3. The Labute approximate surface area is 201 Å². The van der Waals surface area contributed by atoms with Gasteiger partial charge in [0, 0.05) is 18.7 Å². The summed E-state index contributed by atoms with van der Waals surface area (Å²) in [6.07, 6.45) is 0. The van der Waals surface area contributed by atoms with Crippen molar-refractivity contribution in [1.82, 2.24) is 9.80 Å². The summed E-state index contributed by atoms with van der Waals surface area (Å²) in [5.74, 6) is -0.0956. The zero-order valence-electron chi connectivity index (χ0n) is 20.6. The monoisotopic (exact) mass is 466 g/mol. The van der Waals surface area contributed by atoms with Crippen molar-refractivity contribution in [1.29, 1.82) is 0 Å². The molecule has 1 N–H and O–H groups in total. The Morgan fingerprint density at radius 1 is 1.03 bits per heavy atom. The molecule has 3 rings (SSSR count). The van der Waals surface area contributed by atoms with E-state index in [2.05, 4.69) is 18.7 Å². The van der Waals surface area contributed by atoms with Crippen LogP contribution >= 0.6 is 0 Å². The summed E-state index contributed by atoms with van der Waals surface area (Å²) in [5.41, 5.74) is 2.09. The van der Waals surface area contributed by atoms with Crippen molar-refractivity contribution in [2.45, 2.75) is 33.7 Å². The second kappa shape index (κ2) is 11.2. The van der Waals surface area contributed by atoms with E-state index in [1.165, 1.54) is 0 Å². The lowest BCUT2D eigenvalue weighted by atomic mass is 9.94. The number of Topliss-reactive ketones (excluding diaryl/α,β-unsaturated/α-hetero) is 1. The molecule has 34 heavy (non-hydrogen) atoms. The number of rotatable bonds is 10. The number of benzene rings is 2. The van der Waals surface area contributed by atoms with Crippen LogP contribution in [-0.4, -0.2) is 66.5 Å². The lowest BCUT2D eigenvalue weighted by Gasteiger charge is -2.28. The van der Waals surface area contributed by atoms with Gasteiger partial charge in [0.25, 0.3) is 11.7 Å². The second-order valence-electron chi connectivity index (χ2n) is 8.20. The van der Waals surface area contributed by atoms with E-state index in [0.29, 0.717) is 36.8 Å². The molecule has 182 valence electrons. The average Bonchev–Trinajstić information content (AvgIpc) is 3.10. The van der Waals surface area contributed by atoms with Crippen molar-refractivity contribution in [3.8, 4) is 11.5 Å². The van der Waals surface area contributed by atoms with E-state index < -0.39 is 17.7 Å². The topological polar surface area (TPSA) is 79.3 Å². The van der Waals surface area contributed by atoms with Gasteiger partial charge < -0.3 is 24.4 Å². The molecule has 0 saturated carbocycles. The van der Waals surface area contributed by atoms with Gasteiger partial charge in [0.15, 0.2) is 0 Å². The fourth-order valence-electron chi connectivity index (χ4n) is 4.33. The van der Waals surface area contributed by atoms with Crippen LogP contribution in [0.4, 0.5) is 0 Å². The van der Waals surface area contributed by atoms with Crippen LogP contribution in [-0.2, 0) is 9.59 Å². The summed E-state index contributed by atoms with van der Waals surface area (Å²) >= 11 is 0. The Balaban J connectivity index is 2.11. The quantitative estimate of drug-likeness (QED) is 0.322. The summed E-state index contributed by atoms with van der Waals surface area (Å²) < 4.78 is 10.8. The molecule has 0 bridgehead atoms. The Kier molecular flexibility index (Phi) is 8.34. The number of hydrogen-bond donors (Lipinski definition) is 1. The van der Waals surface area contributed by atoms with Gasteiger partial charge in [-0.15, -0.1) is 0 Å². The molecule has 1 heterocycles. The first-order valence-corrected chi connectivity index (χ1v) is 11.7.